The standard InChI is InChI=1S/C13H24F2N2/c1-3-12(2)10-17(7-6-16-12)9-11-4-5-13(14,15)8-11/h11,16H,3-10H2,1-2H3. The monoisotopic (exact) mass is 246 g/mol. The Labute approximate surface area is 103 Å². The second-order valence-corrected chi connectivity index (χ2v) is 6.04. The molecule has 17 heavy (non-hydrogen) atoms. The fourth-order valence-corrected chi connectivity index (χ4v) is 3.10. The van der Waals surface area contributed by atoms with Crippen LogP contribution in [0.2, 0.25) is 0 Å². The first-order valence-electron chi connectivity index (χ1n) is 6.78. The van der Waals surface area contributed by atoms with Crippen molar-refractivity contribution in [3.05, 3.63) is 0 Å². The van der Waals surface area contributed by atoms with Gasteiger partial charge in [0, 0.05) is 44.6 Å². The summed E-state index contributed by atoms with van der Waals surface area (Å²) < 4.78 is 26.3. The zero-order chi connectivity index (χ0) is 12.5. The van der Waals surface area contributed by atoms with Crippen molar-refractivity contribution in [1.29, 1.82) is 0 Å². The van der Waals surface area contributed by atoms with Gasteiger partial charge in [-0.05, 0) is 25.7 Å². The average molecular weight is 246 g/mol. The Hall–Kier alpha value is -0.220. The first-order chi connectivity index (χ1) is 7.92. The summed E-state index contributed by atoms with van der Waals surface area (Å²) in [6, 6.07) is 0. The molecule has 1 saturated carbocycles. The van der Waals surface area contributed by atoms with Gasteiger partial charge in [-0.3, -0.25) is 4.90 Å². The highest BCUT2D eigenvalue weighted by Gasteiger charge is 2.40. The Bertz CT molecular complexity index is 270. The van der Waals surface area contributed by atoms with Crippen molar-refractivity contribution in [1.82, 2.24) is 10.2 Å². The molecule has 4 heteroatoms. The lowest BCUT2D eigenvalue weighted by Crippen LogP contribution is -2.58. The van der Waals surface area contributed by atoms with E-state index in [2.05, 4.69) is 24.1 Å². The van der Waals surface area contributed by atoms with E-state index in [1.807, 2.05) is 0 Å². The van der Waals surface area contributed by atoms with E-state index in [9.17, 15) is 8.78 Å². The number of hydrogen-bond donors (Lipinski definition) is 1. The van der Waals surface area contributed by atoms with Crippen LogP contribution in [-0.2, 0) is 0 Å². The third-order valence-corrected chi connectivity index (χ3v) is 4.35. The van der Waals surface area contributed by atoms with E-state index in [0.717, 1.165) is 32.6 Å². The maximum atomic E-state index is 13.1. The molecule has 1 aliphatic heterocycles. The lowest BCUT2D eigenvalue weighted by molar-refractivity contribution is 0.00245. The smallest absolute Gasteiger partial charge is 0.248 e. The fraction of sp³-hybridized carbons (Fsp3) is 1.00. The summed E-state index contributed by atoms with van der Waals surface area (Å²) >= 11 is 0. The van der Waals surface area contributed by atoms with Gasteiger partial charge in [0.2, 0.25) is 5.92 Å². The molecule has 2 aliphatic rings. The molecule has 2 nitrogen and oxygen atoms in total. The number of alkyl halides is 2. The highest BCUT2D eigenvalue weighted by molar-refractivity contribution is 4.91. The number of piperazine rings is 1. The summed E-state index contributed by atoms with van der Waals surface area (Å²) in [7, 11) is 0. The van der Waals surface area contributed by atoms with E-state index in [1.165, 1.54) is 0 Å². The third kappa shape index (κ3) is 3.38. The Morgan fingerprint density at radius 1 is 1.41 bits per heavy atom. The number of nitrogens with one attached hydrogen (secondary N) is 1. The van der Waals surface area contributed by atoms with Crippen LogP contribution >= 0.6 is 0 Å². The van der Waals surface area contributed by atoms with Crippen molar-refractivity contribution in [3.63, 3.8) is 0 Å². The molecule has 0 amide bonds. The van der Waals surface area contributed by atoms with Gasteiger partial charge in [0.05, 0.1) is 0 Å². The predicted octanol–water partition coefficient (Wildman–Crippen LogP) is 2.50. The Morgan fingerprint density at radius 2 is 2.18 bits per heavy atom. The van der Waals surface area contributed by atoms with Gasteiger partial charge in [0.1, 0.15) is 0 Å². The number of rotatable bonds is 3. The van der Waals surface area contributed by atoms with E-state index < -0.39 is 5.92 Å². The first kappa shape index (κ1) is 13.2. The SMILES string of the molecule is CCC1(C)CN(CC2CCC(F)(F)C2)CCN1. The zero-order valence-corrected chi connectivity index (χ0v) is 10.9. The molecule has 1 heterocycles. The lowest BCUT2D eigenvalue weighted by atomic mass is 9.95. The Balaban J connectivity index is 1.83. The maximum absolute atomic E-state index is 13.1. The van der Waals surface area contributed by atoms with Crippen LogP contribution in [0.4, 0.5) is 8.78 Å². The Kier molecular flexibility index (Phi) is 3.74. The van der Waals surface area contributed by atoms with Crippen LogP contribution in [0.3, 0.4) is 0 Å². The third-order valence-electron chi connectivity index (χ3n) is 4.35. The van der Waals surface area contributed by atoms with Crippen LogP contribution in [-0.4, -0.2) is 42.5 Å². The molecule has 0 radical (unpaired) electrons. The summed E-state index contributed by atoms with van der Waals surface area (Å²) in [5.74, 6) is -2.20. The van der Waals surface area contributed by atoms with Gasteiger partial charge in [-0.1, -0.05) is 6.92 Å². The van der Waals surface area contributed by atoms with E-state index >= 15 is 0 Å². The fourth-order valence-electron chi connectivity index (χ4n) is 3.10. The largest absolute Gasteiger partial charge is 0.309 e. The van der Waals surface area contributed by atoms with Gasteiger partial charge in [-0.2, -0.15) is 0 Å². The van der Waals surface area contributed by atoms with Crippen molar-refractivity contribution in [2.24, 2.45) is 5.92 Å². The van der Waals surface area contributed by atoms with E-state index in [4.69, 9.17) is 0 Å². The number of halogens is 2. The summed E-state index contributed by atoms with van der Waals surface area (Å²) in [4.78, 5) is 2.37. The molecule has 0 aromatic heterocycles. The molecular formula is C13H24F2N2. The molecule has 0 aromatic rings. The average Bonchev–Trinajstić information content (AvgIpc) is 2.58. The second-order valence-electron chi connectivity index (χ2n) is 6.04. The Morgan fingerprint density at radius 3 is 2.76 bits per heavy atom. The van der Waals surface area contributed by atoms with Crippen LogP contribution in [0, 0.1) is 5.92 Å². The minimum Gasteiger partial charge on any atom is -0.309 e. The minimum atomic E-state index is -2.40. The van der Waals surface area contributed by atoms with Gasteiger partial charge in [0.25, 0.3) is 0 Å². The highest BCUT2D eigenvalue weighted by Crippen LogP contribution is 2.39. The van der Waals surface area contributed by atoms with Crippen molar-refractivity contribution in [2.75, 3.05) is 26.2 Å². The van der Waals surface area contributed by atoms with Crippen molar-refractivity contribution in [3.8, 4) is 0 Å². The molecule has 0 bridgehead atoms. The maximum Gasteiger partial charge on any atom is 0.248 e. The van der Waals surface area contributed by atoms with Crippen molar-refractivity contribution >= 4 is 0 Å². The number of nitrogens with zero attached hydrogens (tertiary/aromatic N) is 1. The molecule has 2 rings (SSSR count). The molecule has 100 valence electrons. The van der Waals surface area contributed by atoms with Crippen molar-refractivity contribution < 1.29 is 8.78 Å². The van der Waals surface area contributed by atoms with E-state index in [-0.39, 0.29) is 24.3 Å². The topological polar surface area (TPSA) is 15.3 Å². The molecule has 0 spiro atoms. The van der Waals surface area contributed by atoms with E-state index in [0.29, 0.717) is 6.42 Å². The summed E-state index contributed by atoms with van der Waals surface area (Å²) in [5, 5.41) is 3.53. The molecule has 2 atom stereocenters. The molecule has 2 unspecified atom stereocenters. The summed E-state index contributed by atoms with van der Waals surface area (Å²) in [5.41, 5.74) is 0.166. The molecule has 2 fully saturated rings. The van der Waals surface area contributed by atoms with Gasteiger partial charge in [0.15, 0.2) is 0 Å². The normalized spacial score (nSPS) is 38.5. The molecule has 1 N–H and O–H groups in total. The van der Waals surface area contributed by atoms with Gasteiger partial charge < -0.3 is 5.32 Å². The molecular weight excluding hydrogens is 222 g/mol. The van der Waals surface area contributed by atoms with Crippen LogP contribution in [0.5, 0.6) is 0 Å². The second kappa shape index (κ2) is 4.81. The highest BCUT2D eigenvalue weighted by atomic mass is 19.3. The van der Waals surface area contributed by atoms with Crippen LogP contribution in [0.15, 0.2) is 0 Å². The molecule has 1 aliphatic carbocycles. The van der Waals surface area contributed by atoms with Gasteiger partial charge in [-0.25, -0.2) is 8.78 Å². The van der Waals surface area contributed by atoms with Gasteiger partial charge in [-0.15, -0.1) is 0 Å². The van der Waals surface area contributed by atoms with Crippen molar-refractivity contribution in [2.45, 2.75) is 51.0 Å². The summed E-state index contributed by atoms with van der Waals surface area (Å²) in [6.45, 7) is 8.23. The predicted molar refractivity (Wildman–Crippen MR) is 65.4 cm³/mol. The van der Waals surface area contributed by atoms with E-state index in [1.54, 1.807) is 0 Å². The van der Waals surface area contributed by atoms with Crippen LogP contribution in [0.25, 0.3) is 0 Å². The van der Waals surface area contributed by atoms with Crippen LogP contribution < -0.4 is 5.32 Å². The van der Waals surface area contributed by atoms with Gasteiger partial charge >= 0.3 is 0 Å². The zero-order valence-electron chi connectivity index (χ0n) is 10.9. The number of hydrogen-bond acceptors (Lipinski definition) is 2. The van der Waals surface area contributed by atoms with Crippen LogP contribution in [0.1, 0.15) is 39.5 Å². The minimum absolute atomic E-state index is 0.0921. The first-order valence-corrected chi connectivity index (χ1v) is 6.78. The summed E-state index contributed by atoms with van der Waals surface area (Å²) in [6.07, 6.45) is 1.97. The lowest BCUT2D eigenvalue weighted by Gasteiger charge is -2.42. The molecule has 0 aromatic carbocycles. The quantitative estimate of drug-likeness (QED) is 0.823. The molecule has 1 saturated heterocycles.